The summed E-state index contributed by atoms with van der Waals surface area (Å²) in [6.07, 6.45) is 0. The number of hydrogen-bond acceptors (Lipinski definition) is 4. The number of carbonyl (C=O) groups is 1. The van der Waals surface area contributed by atoms with E-state index in [0.29, 0.717) is 24.8 Å². The maximum Gasteiger partial charge on any atom is 0.316 e. The highest BCUT2D eigenvalue weighted by atomic mass is 32.2. The van der Waals surface area contributed by atoms with Gasteiger partial charge in [-0.25, -0.2) is 0 Å². The smallest absolute Gasteiger partial charge is 0.316 e. The molecule has 0 aliphatic carbocycles. The highest BCUT2D eigenvalue weighted by Gasteiger charge is 2.04. The molecule has 0 aliphatic rings. The molecule has 2 rings (SSSR count). The van der Waals surface area contributed by atoms with Crippen molar-refractivity contribution < 1.29 is 13.9 Å². The zero-order valence-corrected chi connectivity index (χ0v) is 19.2. The lowest BCUT2D eigenvalue weighted by Crippen LogP contribution is -2.08. The van der Waals surface area contributed by atoms with E-state index in [9.17, 15) is 9.18 Å². The van der Waals surface area contributed by atoms with Crippen LogP contribution >= 0.6 is 23.5 Å². The van der Waals surface area contributed by atoms with Gasteiger partial charge in [0.25, 0.3) is 0 Å². The van der Waals surface area contributed by atoms with E-state index < -0.39 is 0 Å². The molecule has 29 heavy (non-hydrogen) atoms. The molecular weight excluding hydrogens is 403 g/mol. The van der Waals surface area contributed by atoms with Gasteiger partial charge in [0.1, 0.15) is 6.61 Å². The summed E-state index contributed by atoms with van der Waals surface area (Å²) in [7, 11) is 0.500. The second-order valence-electron chi connectivity index (χ2n) is 6.35. The van der Waals surface area contributed by atoms with E-state index in [1.54, 1.807) is 11.8 Å². The number of halogens is 1. The molecular formula is C24H37FO2S2. The maximum absolute atomic E-state index is 11.3. The van der Waals surface area contributed by atoms with Crippen LogP contribution in [0.1, 0.15) is 46.2 Å². The van der Waals surface area contributed by atoms with Crippen molar-refractivity contribution in [2.45, 2.75) is 58.0 Å². The van der Waals surface area contributed by atoms with Crippen LogP contribution in [0.15, 0.2) is 60.7 Å². The van der Waals surface area contributed by atoms with Gasteiger partial charge in [0.2, 0.25) is 0 Å². The van der Waals surface area contributed by atoms with E-state index in [2.05, 4.69) is 58.0 Å². The third-order valence-corrected chi connectivity index (χ3v) is 5.44. The SMILES string of the molecule is C.CC(C)SCC(=O)OCc1ccccc1.CC(C)SCc1ccccc1.CF. The fourth-order valence-electron chi connectivity index (χ4n) is 1.85. The van der Waals surface area contributed by atoms with Crippen molar-refractivity contribution in [1.82, 2.24) is 0 Å². The topological polar surface area (TPSA) is 26.3 Å². The molecule has 2 nitrogen and oxygen atoms in total. The zero-order chi connectivity index (χ0) is 21.2. The molecule has 0 fully saturated rings. The van der Waals surface area contributed by atoms with Gasteiger partial charge in [-0.15, -0.1) is 11.8 Å². The van der Waals surface area contributed by atoms with Crippen LogP contribution in [-0.2, 0) is 21.9 Å². The number of esters is 1. The molecule has 2 aromatic rings. The molecule has 0 saturated carbocycles. The van der Waals surface area contributed by atoms with Crippen LogP contribution < -0.4 is 0 Å². The number of hydrogen-bond donors (Lipinski definition) is 0. The van der Waals surface area contributed by atoms with Crippen LogP contribution in [0.4, 0.5) is 4.39 Å². The van der Waals surface area contributed by atoms with Crippen molar-refractivity contribution in [3.8, 4) is 0 Å². The molecule has 0 unspecified atom stereocenters. The molecule has 0 bridgehead atoms. The minimum Gasteiger partial charge on any atom is -0.460 e. The maximum atomic E-state index is 11.3. The van der Waals surface area contributed by atoms with Crippen LogP contribution in [0.2, 0.25) is 0 Å². The molecule has 0 aliphatic heterocycles. The summed E-state index contributed by atoms with van der Waals surface area (Å²) < 4.78 is 14.6. The molecule has 0 radical (unpaired) electrons. The first-order valence-electron chi connectivity index (χ1n) is 9.32. The van der Waals surface area contributed by atoms with Gasteiger partial charge in [-0.3, -0.25) is 9.18 Å². The van der Waals surface area contributed by atoms with E-state index in [0.717, 1.165) is 16.6 Å². The van der Waals surface area contributed by atoms with Gasteiger partial charge in [-0.2, -0.15) is 11.8 Å². The van der Waals surface area contributed by atoms with E-state index in [-0.39, 0.29) is 13.4 Å². The summed E-state index contributed by atoms with van der Waals surface area (Å²) in [6, 6.07) is 20.3. The number of alkyl halides is 1. The number of rotatable bonds is 8. The Balaban J connectivity index is 0. The fourth-order valence-corrected chi connectivity index (χ4v) is 3.12. The van der Waals surface area contributed by atoms with Crippen molar-refractivity contribution in [2.75, 3.05) is 12.9 Å². The van der Waals surface area contributed by atoms with Gasteiger partial charge in [-0.1, -0.05) is 95.8 Å². The predicted molar refractivity (Wildman–Crippen MR) is 130 cm³/mol. The lowest BCUT2D eigenvalue weighted by atomic mass is 10.2. The summed E-state index contributed by atoms with van der Waals surface area (Å²) in [4.78, 5) is 11.3. The average Bonchev–Trinajstić information content (AvgIpc) is 2.72. The monoisotopic (exact) mass is 440 g/mol. The normalized spacial score (nSPS) is 9.52. The Labute approximate surface area is 186 Å². The fraction of sp³-hybridized carbons (Fsp3) is 0.458. The molecule has 0 amide bonds. The summed E-state index contributed by atoms with van der Waals surface area (Å²) in [5, 5.41) is 1.20. The molecule has 0 N–H and O–H groups in total. The quantitative estimate of drug-likeness (QED) is 0.399. The molecule has 0 saturated heterocycles. The largest absolute Gasteiger partial charge is 0.460 e. The highest BCUT2D eigenvalue weighted by Crippen LogP contribution is 2.16. The molecule has 0 heterocycles. The van der Waals surface area contributed by atoms with Gasteiger partial charge < -0.3 is 4.74 Å². The summed E-state index contributed by atoms with van der Waals surface area (Å²) >= 11 is 3.58. The lowest BCUT2D eigenvalue weighted by Gasteiger charge is -2.06. The Morgan fingerprint density at radius 1 is 0.828 bits per heavy atom. The van der Waals surface area contributed by atoms with E-state index in [4.69, 9.17) is 4.74 Å². The molecule has 0 spiro atoms. The molecule has 5 heteroatoms. The summed E-state index contributed by atoms with van der Waals surface area (Å²) in [5.74, 6) is 1.43. The first kappa shape index (κ1) is 29.7. The Morgan fingerprint density at radius 2 is 1.28 bits per heavy atom. The molecule has 0 atom stereocenters. The third-order valence-electron chi connectivity index (χ3n) is 3.20. The predicted octanol–water partition coefficient (Wildman–Crippen LogP) is 7.42. The number of ether oxygens (including phenoxy) is 1. The van der Waals surface area contributed by atoms with Crippen molar-refractivity contribution in [3.05, 3.63) is 71.8 Å². The Kier molecular flexibility index (Phi) is 20.3. The first-order valence-corrected chi connectivity index (χ1v) is 11.4. The van der Waals surface area contributed by atoms with Crippen LogP contribution in [0, 0.1) is 0 Å². The van der Waals surface area contributed by atoms with Crippen LogP contribution in [0.3, 0.4) is 0 Å². The van der Waals surface area contributed by atoms with E-state index >= 15 is 0 Å². The molecule has 0 aromatic heterocycles. The summed E-state index contributed by atoms with van der Waals surface area (Å²) in [5.41, 5.74) is 2.45. The van der Waals surface area contributed by atoms with Crippen molar-refractivity contribution in [1.29, 1.82) is 0 Å². The van der Waals surface area contributed by atoms with Gasteiger partial charge in [-0.05, 0) is 21.6 Å². The van der Waals surface area contributed by atoms with Crippen molar-refractivity contribution >= 4 is 29.5 Å². The van der Waals surface area contributed by atoms with Crippen LogP contribution in [0.5, 0.6) is 0 Å². The second kappa shape index (κ2) is 19.8. The average molecular weight is 441 g/mol. The standard InChI is InChI=1S/C12H16O2S.C10H14S.CH3F.CH4/c1-10(2)15-9-12(13)14-8-11-6-4-3-5-7-11;1-9(2)11-8-10-6-4-3-5-7-10;1-2;/h3-7,10H,8-9H2,1-2H3;3-7,9H,8H2,1-2H3;1H3;1H4. The van der Waals surface area contributed by atoms with Crippen LogP contribution in [0.25, 0.3) is 0 Å². The van der Waals surface area contributed by atoms with Gasteiger partial charge in [0.15, 0.2) is 0 Å². The zero-order valence-electron chi connectivity index (χ0n) is 17.6. The van der Waals surface area contributed by atoms with Crippen LogP contribution in [-0.4, -0.2) is 29.4 Å². The minimum atomic E-state index is -0.141. The van der Waals surface area contributed by atoms with Crippen molar-refractivity contribution in [2.24, 2.45) is 0 Å². The van der Waals surface area contributed by atoms with E-state index in [1.807, 2.05) is 42.1 Å². The number of thioether (sulfide) groups is 2. The Morgan fingerprint density at radius 3 is 1.72 bits per heavy atom. The van der Waals surface area contributed by atoms with Gasteiger partial charge in [0, 0.05) is 5.75 Å². The highest BCUT2D eigenvalue weighted by molar-refractivity contribution is 8.00. The Hall–Kier alpha value is -1.46. The number of benzene rings is 2. The van der Waals surface area contributed by atoms with Gasteiger partial charge in [0.05, 0.1) is 12.9 Å². The third kappa shape index (κ3) is 18.3. The van der Waals surface area contributed by atoms with E-state index in [1.165, 1.54) is 5.56 Å². The molecule has 2 aromatic carbocycles. The second-order valence-corrected chi connectivity index (χ2v) is 9.48. The number of carbonyl (C=O) groups excluding carboxylic acids is 1. The van der Waals surface area contributed by atoms with Gasteiger partial charge >= 0.3 is 5.97 Å². The summed E-state index contributed by atoms with van der Waals surface area (Å²) in [6.45, 7) is 8.96. The minimum absolute atomic E-state index is 0. The Bertz CT molecular complexity index is 605. The first-order chi connectivity index (χ1) is 13.5. The molecule has 164 valence electrons. The lowest BCUT2D eigenvalue weighted by molar-refractivity contribution is -0.141. The van der Waals surface area contributed by atoms with Crippen molar-refractivity contribution in [3.63, 3.8) is 0 Å².